The molecule has 0 amide bonds. The molecule has 0 fully saturated rings. The third-order valence-corrected chi connectivity index (χ3v) is 4.66. The molecule has 1 atom stereocenters. The molecule has 3 aromatic rings. The molecule has 0 saturated heterocycles. The lowest BCUT2D eigenvalue weighted by molar-refractivity contribution is 0.0964. The summed E-state index contributed by atoms with van der Waals surface area (Å²) in [6.07, 6.45) is 2.83. The Balaban J connectivity index is 1.73. The maximum absolute atomic E-state index is 13.2. The van der Waals surface area contributed by atoms with Gasteiger partial charge in [-0.15, -0.1) is 0 Å². The van der Waals surface area contributed by atoms with Crippen molar-refractivity contribution in [3.05, 3.63) is 82.9 Å². The SMILES string of the molecule is Cc1ccc(-n2ncc3c2C[C@H](c2ccc(F)cc2)CC3=O)cc1. The fourth-order valence-corrected chi connectivity index (χ4v) is 3.32. The molecule has 120 valence electrons. The van der Waals surface area contributed by atoms with Crippen LogP contribution in [0.1, 0.15) is 39.5 Å². The zero-order chi connectivity index (χ0) is 16.7. The van der Waals surface area contributed by atoms with Crippen molar-refractivity contribution < 1.29 is 9.18 Å². The summed E-state index contributed by atoms with van der Waals surface area (Å²) in [6.45, 7) is 2.04. The highest BCUT2D eigenvalue weighted by atomic mass is 19.1. The molecule has 1 aromatic heterocycles. The van der Waals surface area contributed by atoms with Crippen molar-refractivity contribution in [2.45, 2.75) is 25.7 Å². The van der Waals surface area contributed by atoms with Gasteiger partial charge in [-0.05, 0) is 49.1 Å². The lowest BCUT2D eigenvalue weighted by Crippen LogP contribution is -2.20. The smallest absolute Gasteiger partial charge is 0.166 e. The number of aromatic nitrogens is 2. The molecule has 1 heterocycles. The predicted octanol–water partition coefficient (Wildman–Crippen LogP) is 4.23. The number of halogens is 1. The van der Waals surface area contributed by atoms with Crippen LogP contribution in [0.15, 0.2) is 54.7 Å². The summed E-state index contributed by atoms with van der Waals surface area (Å²) in [7, 11) is 0. The van der Waals surface area contributed by atoms with E-state index in [9.17, 15) is 9.18 Å². The largest absolute Gasteiger partial charge is 0.294 e. The summed E-state index contributed by atoms with van der Waals surface area (Å²) in [6, 6.07) is 14.5. The van der Waals surface area contributed by atoms with Crippen molar-refractivity contribution in [2.24, 2.45) is 0 Å². The molecule has 1 aliphatic carbocycles. The van der Waals surface area contributed by atoms with E-state index in [0.717, 1.165) is 23.4 Å². The van der Waals surface area contributed by atoms with Gasteiger partial charge in [0, 0.05) is 6.42 Å². The van der Waals surface area contributed by atoms with Crippen molar-refractivity contribution >= 4 is 5.78 Å². The molecule has 0 aliphatic heterocycles. The Hall–Kier alpha value is -2.75. The minimum Gasteiger partial charge on any atom is -0.294 e. The zero-order valence-electron chi connectivity index (χ0n) is 13.4. The quantitative estimate of drug-likeness (QED) is 0.708. The first-order valence-corrected chi connectivity index (χ1v) is 8.04. The molecule has 4 heteroatoms. The van der Waals surface area contributed by atoms with E-state index in [-0.39, 0.29) is 17.5 Å². The van der Waals surface area contributed by atoms with Crippen LogP contribution in [0.2, 0.25) is 0 Å². The monoisotopic (exact) mass is 320 g/mol. The van der Waals surface area contributed by atoms with Gasteiger partial charge in [0.05, 0.1) is 23.1 Å². The van der Waals surface area contributed by atoms with Crippen LogP contribution in [-0.2, 0) is 6.42 Å². The second kappa shape index (κ2) is 5.71. The lowest BCUT2D eigenvalue weighted by atomic mass is 9.82. The van der Waals surface area contributed by atoms with Gasteiger partial charge in [-0.1, -0.05) is 29.8 Å². The Bertz CT molecular complexity index is 894. The normalized spacial score (nSPS) is 16.9. The standard InChI is InChI=1S/C20H17FN2O/c1-13-2-8-17(9-3-13)23-19-10-15(11-20(24)18(19)12-22-23)14-4-6-16(21)7-5-14/h2-9,12,15H,10-11H2,1H3/t15-/m0/s1. The van der Waals surface area contributed by atoms with Crippen LogP contribution in [0.25, 0.3) is 5.69 Å². The van der Waals surface area contributed by atoms with Gasteiger partial charge in [0.25, 0.3) is 0 Å². The molecule has 3 nitrogen and oxygen atoms in total. The number of aryl methyl sites for hydroxylation is 1. The van der Waals surface area contributed by atoms with Crippen LogP contribution in [0.4, 0.5) is 4.39 Å². The molecule has 0 saturated carbocycles. The van der Waals surface area contributed by atoms with E-state index in [0.29, 0.717) is 12.0 Å². The van der Waals surface area contributed by atoms with Gasteiger partial charge in [0.15, 0.2) is 5.78 Å². The number of Topliss-reactive ketones (excluding diaryl/α,β-unsaturated/α-hetero) is 1. The predicted molar refractivity (Wildman–Crippen MR) is 90.1 cm³/mol. The number of rotatable bonds is 2. The van der Waals surface area contributed by atoms with Crippen LogP contribution in [0, 0.1) is 12.7 Å². The molecule has 0 unspecified atom stereocenters. The maximum atomic E-state index is 13.2. The highest BCUT2D eigenvalue weighted by molar-refractivity contribution is 5.98. The fraction of sp³-hybridized carbons (Fsp3) is 0.200. The molecule has 0 bridgehead atoms. The number of hydrogen-bond acceptors (Lipinski definition) is 2. The van der Waals surface area contributed by atoms with Crippen molar-refractivity contribution in [2.75, 3.05) is 0 Å². The third-order valence-electron chi connectivity index (χ3n) is 4.66. The van der Waals surface area contributed by atoms with Crippen LogP contribution < -0.4 is 0 Å². The van der Waals surface area contributed by atoms with Crippen molar-refractivity contribution in [3.8, 4) is 5.69 Å². The van der Waals surface area contributed by atoms with Gasteiger partial charge in [0.2, 0.25) is 0 Å². The molecule has 0 spiro atoms. The third kappa shape index (κ3) is 2.54. The molecule has 0 radical (unpaired) electrons. The molecule has 2 aromatic carbocycles. The van der Waals surface area contributed by atoms with E-state index in [1.165, 1.54) is 17.7 Å². The Morgan fingerprint density at radius 3 is 2.46 bits per heavy atom. The number of nitrogens with zero attached hydrogens (tertiary/aromatic N) is 2. The van der Waals surface area contributed by atoms with Crippen molar-refractivity contribution in [1.29, 1.82) is 0 Å². The molecule has 1 aliphatic rings. The lowest BCUT2D eigenvalue weighted by Gasteiger charge is -2.23. The Labute approximate surface area is 139 Å². The molecule has 4 rings (SSSR count). The Kier molecular flexibility index (Phi) is 3.53. The van der Waals surface area contributed by atoms with E-state index in [4.69, 9.17) is 0 Å². The summed E-state index contributed by atoms with van der Waals surface area (Å²) in [5, 5.41) is 4.43. The summed E-state index contributed by atoms with van der Waals surface area (Å²) in [5.41, 5.74) is 4.76. The minimum atomic E-state index is -0.258. The first kappa shape index (κ1) is 14.8. The van der Waals surface area contributed by atoms with Crippen LogP contribution in [0.5, 0.6) is 0 Å². The maximum Gasteiger partial charge on any atom is 0.166 e. The second-order valence-corrected chi connectivity index (χ2v) is 6.33. The number of benzene rings is 2. The fourth-order valence-electron chi connectivity index (χ4n) is 3.32. The number of ketones is 1. The second-order valence-electron chi connectivity index (χ2n) is 6.33. The summed E-state index contributed by atoms with van der Waals surface area (Å²) < 4.78 is 15.0. The highest BCUT2D eigenvalue weighted by Gasteiger charge is 2.30. The number of carbonyl (C=O) groups is 1. The number of hydrogen-bond donors (Lipinski definition) is 0. The number of fused-ring (bicyclic) bond motifs is 1. The van der Waals surface area contributed by atoms with E-state index in [1.807, 2.05) is 35.9 Å². The topological polar surface area (TPSA) is 34.9 Å². The van der Waals surface area contributed by atoms with Gasteiger partial charge >= 0.3 is 0 Å². The van der Waals surface area contributed by atoms with Gasteiger partial charge < -0.3 is 0 Å². The summed E-state index contributed by atoms with van der Waals surface area (Å²) >= 11 is 0. The van der Waals surface area contributed by atoms with E-state index in [1.54, 1.807) is 18.3 Å². The summed E-state index contributed by atoms with van der Waals surface area (Å²) in [5.74, 6) is -0.0956. The zero-order valence-corrected chi connectivity index (χ0v) is 13.4. The molecule has 0 N–H and O–H groups in total. The Morgan fingerprint density at radius 2 is 1.75 bits per heavy atom. The molecule has 24 heavy (non-hydrogen) atoms. The summed E-state index contributed by atoms with van der Waals surface area (Å²) in [4.78, 5) is 12.5. The first-order valence-electron chi connectivity index (χ1n) is 8.04. The highest BCUT2D eigenvalue weighted by Crippen LogP contribution is 2.33. The van der Waals surface area contributed by atoms with Gasteiger partial charge in [-0.2, -0.15) is 5.10 Å². The average Bonchev–Trinajstić information content (AvgIpc) is 3.01. The van der Waals surface area contributed by atoms with Crippen LogP contribution in [0.3, 0.4) is 0 Å². The van der Waals surface area contributed by atoms with Gasteiger partial charge in [-0.3, -0.25) is 4.79 Å². The average molecular weight is 320 g/mol. The van der Waals surface area contributed by atoms with Gasteiger partial charge in [-0.25, -0.2) is 9.07 Å². The van der Waals surface area contributed by atoms with Gasteiger partial charge in [0.1, 0.15) is 5.82 Å². The van der Waals surface area contributed by atoms with E-state index < -0.39 is 0 Å². The molecular formula is C20H17FN2O. The van der Waals surface area contributed by atoms with E-state index >= 15 is 0 Å². The Morgan fingerprint density at radius 1 is 1.04 bits per heavy atom. The van der Waals surface area contributed by atoms with Crippen molar-refractivity contribution in [3.63, 3.8) is 0 Å². The first-order chi connectivity index (χ1) is 11.6. The minimum absolute atomic E-state index is 0.0616. The van der Waals surface area contributed by atoms with E-state index in [2.05, 4.69) is 5.10 Å². The van der Waals surface area contributed by atoms with Crippen LogP contribution >= 0.6 is 0 Å². The van der Waals surface area contributed by atoms with Crippen molar-refractivity contribution in [1.82, 2.24) is 9.78 Å². The number of carbonyl (C=O) groups excluding carboxylic acids is 1. The van der Waals surface area contributed by atoms with Crippen LogP contribution in [-0.4, -0.2) is 15.6 Å². The molecular weight excluding hydrogens is 303 g/mol.